The van der Waals surface area contributed by atoms with Gasteiger partial charge in [0.15, 0.2) is 0 Å². The molecule has 8 heteroatoms. The Morgan fingerprint density at radius 3 is 2.76 bits per heavy atom. The highest BCUT2D eigenvalue weighted by Gasteiger charge is 2.20. The molecule has 2 heterocycles. The van der Waals surface area contributed by atoms with Gasteiger partial charge in [0.25, 0.3) is 5.91 Å². The van der Waals surface area contributed by atoms with E-state index in [1.165, 1.54) is 12.1 Å². The smallest absolute Gasteiger partial charge is 0.251 e. The molecule has 0 bridgehead atoms. The summed E-state index contributed by atoms with van der Waals surface area (Å²) in [6.45, 7) is 1.26. The number of benzene rings is 1. The third-order valence-corrected chi connectivity index (χ3v) is 5.29. The number of rotatable bonds is 6. The Hall–Kier alpha value is -2.29. The molecule has 1 aliphatic heterocycles. The summed E-state index contributed by atoms with van der Waals surface area (Å²) in [5, 5.41) is 2.85. The summed E-state index contributed by atoms with van der Waals surface area (Å²) >= 11 is 0. The van der Waals surface area contributed by atoms with Crippen LogP contribution in [0.15, 0.2) is 53.7 Å². The van der Waals surface area contributed by atoms with Gasteiger partial charge < -0.3 is 10.1 Å². The first-order chi connectivity index (χ1) is 12.0. The number of nitrogens with zero attached hydrogens (tertiary/aromatic N) is 1. The van der Waals surface area contributed by atoms with E-state index in [1.54, 1.807) is 36.7 Å². The van der Waals surface area contributed by atoms with Gasteiger partial charge in [-0.15, -0.1) is 0 Å². The van der Waals surface area contributed by atoms with Gasteiger partial charge >= 0.3 is 0 Å². The fourth-order valence-corrected chi connectivity index (χ4v) is 3.55. The summed E-state index contributed by atoms with van der Waals surface area (Å²) in [4.78, 5) is 16.2. The SMILES string of the molecule is O=C(NC1CCOC1)c1cccc(S(=O)(=O)NCc2ccncc2)c1. The van der Waals surface area contributed by atoms with Crippen molar-refractivity contribution < 1.29 is 17.9 Å². The second-order valence-corrected chi connectivity index (χ2v) is 7.51. The van der Waals surface area contributed by atoms with E-state index in [1.807, 2.05) is 0 Å². The number of hydrogen-bond acceptors (Lipinski definition) is 5. The average molecular weight is 361 g/mol. The number of carbonyl (C=O) groups excluding carboxylic acids is 1. The van der Waals surface area contributed by atoms with E-state index in [0.29, 0.717) is 18.8 Å². The monoisotopic (exact) mass is 361 g/mol. The van der Waals surface area contributed by atoms with Crippen molar-refractivity contribution in [2.75, 3.05) is 13.2 Å². The normalized spacial score (nSPS) is 17.4. The summed E-state index contributed by atoms with van der Waals surface area (Å²) in [7, 11) is -3.72. The van der Waals surface area contributed by atoms with Crippen LogP contribution in [-0.4, -0.2) is 38.6 Å². The Morgan fingerprint density at radius 2 is 2.04 bits per heavy atom. The average Bonchev–Trinajstić information content (AvgIpc) is 3.14. The predicted molar refractivity (Wildman–Crippen MR) is 91.4 cm³/mol. The number of hydrogen-bond donors (Lipinski definition) is 2. The van der Waals surface area contributed by atoms with Crippen LogP contribution in [-0.2, 0) is 21.3 Å². The third kappa shape index (κ3) is 4.62. The minimum absolute atomic E-state index is 0.0300. The van der Waals surface area contributed by atoms with E-state index in [0.717, 1.165) is 12.0 Å². The van der Waals surface area contributed by atoms with Gasteiger partial charge in [-0.25, -0.2) is 13.1 Å². The molecule has 0 saturated carbocycles. The topological polar surface area (TPSA) is 97.4 Å². The molecule has 1 atom stereocenters. The van der Waals surface area contributed by atoms with Crippen LogP contribution in [0, 0.1) is 0 Å². The molecule has 25 heavy (non-hydrogen) atoms. The standard InChI is InChI=1S/C17H19N3O4S/c21-17(20-15-6-9-24-12-15)14-2-1-3-16(10-14)25(22,23)19-11-13-4-7-18-8-5-13/h1-5,7-8,10,15,19H,6,9,11-12H2,(H,20,21). The highest BCUT2D eigenvalue weighted by atomic mass is 32.2. The maximum atomic E-state index is 12.4. The molecule has 2 aromatic rings. The maximum Gasteiger partial charge on any atom is 0.251 e. The molecule has 0 aliphatic carbocycles. The molecule has 3 rings (SSSR count). The van der Waals surface area contributed by atoms with Crippen molar-refractivity contribution >= 4 is 15.9 Å². The zero-order valence-electron chi connectivity index (χ0n) is 13.5. The minimum atomic E-state index is -3.72. The van der Waals surface area contributed by atoms with Crippen molar-refractivity contribution in [1.82, 2.24) is 15.0 Å². The molecule has 1 aromatic carbocycles. The number of amides is 1. The van der Waals surface area contributed by atoms with Crippen molar-refractivity contribution in [3.8, 4) is 0 Å². The van der Waals surface area contributed by atoms with Crippen LogP contribution in [0.25, 0.3) is 0 Å². The highest BCUT2D eigenvalue weighted by Crippen LogP contribution is 2.13. The van der Waals surface area contributed by atoms with E-state index in [9.17, 15) is 13.2 Å². The predicted octanol–water partition coefficient (Wildman–Crippen LogP) is 1.08. The van der Waals surface area contributed by atoms with E-state index < -0.39 is 10.0 Å². The lowest BCUT2D eigenvalue weighted by molar-refractivity contribution is 0.0929. The van der Waals surface area contributed by atoms with Crippen molar-refractivity contribution in [3.63, 3.8) is 0 Å². The molecule has 1 saturated heterocycles. The summed E-state index contributed by atoms with van der Waals surface area (Å²) in [6.07, 6.45) is 3.96. The molecule has 1 amide bonds. The first-order valence-corrected chi connectivity index (χ1v) is 9.40. The van der Waals surface area contributed by atoms with Crippen molar-refractivity contribution in [3.05, 3.63) is 59.9 Å². The van der Waals surface area contributed by atoms with E-state index in [4.69, 9.17) is 4.74 Å². The van der Waals surface area contributed by atoms with Gasteiger partial charge in [-0.3, -0.25) is 9.78 Å². The Balaban J connectivity index is 1.69. The summed E-state index contributed by atoms with van der Waals surface area (Å²) in [5.74, 6) is -0.304. The van der Waals surface area contributed by atoms with Crippen LogP contribution in [0.1, 0.15) is 22.3 Å². The van der Waals surface area contributed by atoms with Gasteiger partial charge in [0.1, 0.15) is 0 Å². The Morgan fingerprint density at radius 1 is 1.24 bits per heavy atom. The maximum absolute atomic E-state index is 12.4. The molecule has 0 radical (unpaired) electrons. The molecule has 0 spiro atoms. The lowest BCUT2D eigenvalue weighted by atomic mass is 10.2. The van der Waals surface area contributed by atoms with Crippen molar-refractivity contribution in [2.45, 2.75) is 23.9 Å². The Kier molecular flexibility index (Phi) is 5.42. The molecule has 1 aromatic heterocycles. The van der Waals surface area contributed by atoms with Crippen LogP contribution in [0.4, 0.5) is 0 Å². The van der Waals surface area contributed by atoms with Crippen LogP contribution >= 0.6 is 0 Å². The second-order valence-electron chi connectivity index (χ2n) is 5.74. The fraction of sp³-hybridized carbons (Fsp3) is 0.294. The van der Waals surface area contributed by atoms with Crippen molar-refractivity contribution in [2.24, 2.45) is 0 Å². The van der Waals surface area contributed by atoms with Crippen LogP contribution in [0.3, 0.4) is 0 Å². The number of ether oxygens (including phenoxy) is 1. The molecular formula is C17H19N3O4S. The highest BCUT2D eigenvalue weighted by molar-refractivity contribution is 7.89. The quantitative estimate of drug-likeness (QED) is 0.802. The molecule has 132 valence electrons. The van der Waals surface area contributed by atoms with Gasteiger partial charge in [-0.1, -0.05) is 6.07 Å². The van der Waals surface area contributed by atoms with Crippen LogP contribution in [0.2, 0.25) is 0 Å². The molecule has 2 N–H and O–H groups in total. The number of nitrogens with one attached hydrogen (secondary N) is 2. The molecular weight excluding hydrogens is 342 g/mol. The first kappa shape index (κ1) is 17.5. The Labute approximate surface area is 146 Å². The van der Waals surface area contributed by atoms with Crippen LogP contribution < -0.4 is 10.0 Å². The number of pyridine rings is 1. The third-order valence-electron chi connectivity index (χ3n) is 3.89. The van der Waals surface area contributed by atoms with Crippen LogP contribution in [0.5, 0.6) is 0 Å². The van der Waals surface area contributed by atoms with Gasteiger partial charge in [0.2, 0.25) is 10.0 Å². The zero-order chi connectivity index (χ0) is 17.7. The largest absolute Gasteiger partial charge is 0.379 e. The summed E-state index contributed by atoms with van der Waals surface area (Å²) < 4.78 is 32.6. The van der Waals surface area contributed by atoms with Gasteiger partial charge in [0, 0.05) is 31.1 Å². The fourth-order valence-electron chi connectivity index (χ4n) is 2.48. The van der Waals surface area contributed by atoms with Gasteiger partial charge in [0.05, 0.1) is 17.5 Å². The number of carbonyl (C=O) groups is 1. The second kappa shape index (κ2) is 7.73. The lowest BCUT2D eigenvalue weighted by Crippen LogP contribution is -2.35. The molecule has 1 fully saturated rings. The van der Waals surface area contributed by atoms with Gasteiger partial charge in [-0.05, 0) is 42.3 Å². The molecule has 1 unspecified atom stereocenters. The Bertz CT molecular complexity index is 834. The van der Waals surface area contributed by atoms with Gasteiger partial charge in [-0.2, -0.15) is 0 Å². The summed E-state index contributed by atoms with van der Waals surface area (Å²) in [5.41, 5.74) is 1.10. The zero-order valence-corrected chi connectivity index (χ0v) is 14.3. The number of sulfonamides is 1. The minimum Gasteiger partial charge on any atom is -0.379 e. The van der Waals surface area contributed by atoms with E-state index in [-0.39, 0.29) is 23.4 Å². The van der Waals surface area contributed by atoms with E-state index >= 15 is 0 Å². The first-order valence-electron chi connectivity index (χ1n) is 7.92. The lowest BCUT2D eigenvalue weighted by Gasteiger charge is -2.12. The summed E-state index contributed by atoms with van der Waals surface area (Å²) in [6, 6.07) is 9.42. The molecule has 7 nitrogen and oxygen atoms in total. The number of aromatic nitrogens is 1. The van der Waals surface area contributed by atoms with E-state index in [2.05, 4.69) is 15.0 Å². The molecule has 1 aliphatic rings. The van der Waals surface area contributed by atoms with Crippen molar-refractivity contribution in [1.29, 1.82) is 0 Å².